The Morgan fingerprint density at radius 1 is 1.38 bits per heavy atom. The van der Waals surface area contributed by atoms with E-state index in [9.17, 15) is 4.79 Å². The summed E-state index contributed by atoms with van der Waals surface area (Å²) in [7, 11) is 0. The lowest BCUT2D eigenvalue weighted by Crippen LogP contribution is -2.12. The number of carbonyl (C=O) groups is 1. The summed E-state index contributed by atoms with van der Waals surface area (Å²) in [6, 6.07) is 5.63. The van der Waals surface area contributed by atoms with Gasteiger partial charge in [-0.2, -0.15) is 0 Å². The molecule has 3 aromatic heterocycles. The van der Waals surface area contributed by atoms with Gasteiger partial charge in [0.15, 0.2) is 0 Å². The second kappa shape index (κ2) is 5.87. The van der Waals surface area contributed by atoms with Gasteiger partial charge in [0.1, 0.15) is 9.71 Å². The molecular formula is C18H18N4OS. The third kappa shape index (κ3) is 2.63. The molecule has 6 heteroatoms. The highest BCUT2D eigenvalue weighted by molar-refractivity contribution is 7.21. The molecule has 3 aromatic rings. The van der Waals surface area contributed by atoms with Crippen molar-refractivity contribution < 1.29 is 4.79 Å². The first-order valence-electron chi connectivity index (χ1n) is 8.04. The average molecular weight is 338 g/mol. The van der Waals surface area contributed by atoms with Crippen molar-refractivity contribution in [2.75, 3.05) is 11.1 Å². The van der Waals surface area contributed by atoms with Crippen LogP contribution in [0.15, 0.2) is 30.6 Å². The molecule has 5 nitrogen and oxygen atoms in total. The first kappa shape index (κ1) is 15.1. The van der Waals surface area contributed by atoms with Crippen molar-refractivity contribution in [3.63, 3.8) is 0 Å². The lowest BCUT2D eigenvalue weighted by molar-refractivity contribution is 0.103. The number of carbonyl (C=O) groups excluding carboxylic acids is 1. The topological polar surface area (TPSA) is 80.9 Å². The van der Waals surface area contributed by atoms with Gasteiger partial charge in [-0.15, -0.1) is 11.3 Å². The number of nitrogen functional groups attached to an aromatic ring is 1. The predicted octanol–water partition coefficient (Wildman–Crippen LogP) is 3.65. The summed E-state index contributed by atoms with van der Waals surface area (Å²) in [6.07, 6.45) is 6.48. The number of aromatic nitrogens is 2. The number of nitrogens with zero attached hydrogens (tertiary/aromatic N) is 2. The standard InChI is InChI=1S/C18H18N4OS/c1-10-2-3-14-11(8-10)9-13-15(19)16(24-18(13)22-14)17(23)21-12-4-6-20-7-5-12/h4-7,9-10H,2-3,8,19H2,1H3,(H,20,21,23). The maximum atomic E-state index is 12.5. The summed E-state index contributed by atoms with van der Waals surface area (Å²) in [6.45, 7) is 2.26. The number of fused-ring (bicyclic) bond motifs is 2. The number of nitrogens with one attached hydrogen (secondary N) is 1. The number of hydrogen-bond donors (Lipinski definition) is 2. The summed E-state index contributed by atoms with van der Waals surface area (Å²) in [5, 5.41) is 3.76. The molecule has 0 radical (unpaired) electrons. The van der Waals surface area contributed by atoms with Crippen LogP contribution in [0.1, 0.15) is 34.3 Å². The fraction of sp³-hybridized carbons (Fsp3) is 0.278. The van der Waals surface area contributed by atoms with Crippen molar-refractivity contribution in [3.8, 4) is 0 Å². The van der Waals surface area contributed by atoms with Crippen molar-refractivity contribution in [1.29, 1.82) is 0 Å². The molecule has 122 valence electrons. The summed E-state index contributed by atoms with van der Waals surface area (Å²) >= 11 is 1.36. The van der Waals surface area contributed by atoms with E-state index in [0.29, 0.717) is 22.2 Å². The molecule has 0 spiro atoms. The minimum Gasteiger partial charge on any atom is -0.397 e. The van der Waals surface area contributed by atoms with E-state index in [4.69, 9.17) is 10.7 Å². The molecule has 0 fully saturated rings. The minimum absolute atomic E-state index is 0.201. The zero-order chi connectivity index (χ0) is 16.7. The zero-order valence-electron chi connectivity index (χ0n) is 13.4. The van der Waals surface area contributed by atoms with Crippen LogP contribution in [-0.2, 0) is 12.8 Å². The van der Waals surface area contributed by atoms with Gasteiger partial charge >= 0.3 is 0 Å². The molecule has 3 heterocycles. The van der Waals surface area contributed by atoms with Crippen molar-refractivity contribution in [1.82, 2.24) is 9.97 Å². The molecule has 4 rings (SSSR count). The minimum atomic E-state index is -0.201. The van der Waals surface area contributed by atoms with Gasteiger partial charge < -0.3 is 11.1 Å². The van der Waals surface area contributed by atoms with Crippen LogP contribution in [0.5, 0.6) is 0 Å². The highest BCUT2D eigenvalue weighted by Crippen LogP contribution is 2.36. The number of aryl methyl sites for hydroxylation is 1. The molecule has 0 aliphatic heterocycles. The van der Waals surface area contributed by atoms with Gasteiger partial charge in [0.2, 0.25) is 0 Å². The molecule has 1 atom stereocenters. The van der Waals surface area contributed by atoms with Crippen LogP contribution in [0.2, 0.25) is 0 Å². The average Bonchev–Trinajstić information content (AvgIpc) is 2.90. The van der Waals surface area contributed by atoms with E-state index in [1.807, 2.05) is 0 Å². The highest BCUT2D eigenvalue weighted by atomic mass is 32.1. The van der Waals surface area contributed by atoms with Gasteiger partial charge in [-0.25, -0.2) is 4.98 Å². The van der Waals surface area contributed by atoms with Crippen molar-refractivity contribution in [2.24, 2.45) is 5.92 Å². The Bertz CT molecular complexity index is 920. The maximum absolute atomic E-state index is 12.5. The Morgan fingerprint density at radius 3 is 2.96 bits per heavy atom. The van der Waals surface area contributed by atoms with Gasteiger partial charge in [-0.3, -0.25) is 9.78 Å². The quantitative estimate of drug-likeness (QED) is 0.747. The molecule has 0 bridgehead atoms. The fourth-order valence-electron chi connectivity index (χ4n) is 3.16. The molecule has 0 saturated heterocycles. The molecule has 1 unspecified atom stereocenters. The van der Waals surface area contributed by atoms with Crippen LogP contribution in [0, 0.1) is 5.92 Å². The Balaban J connectivity index is 1.71. The van der Waals surface area contributed by atoms with Crippen LogP contribution < -0.4 is 11.1 Å². The van der Waals surface area contributed by atoms with E-state index in [1.165, 1.54) is 23.3 Å². The van der Waals surface area contributed by atoms with Crippen LogP contribution in [-0.4, -0.2) is 15.9 Å². The molecule has 1 amide bonds. The molecular weight excluding hydrogens is 320 g/mol. The van der Waals surface area contributed by atoms with E-state index in [0.717, 1.165) is 28.8 Å². The third-order valence-corrected chi connectivity index (χ3v) is 5.59. The Hall–Kier alpha value is -2.47. The normalized spacial score (nSPS) is 16.8. The van der Waals surface area contributed by atoms with Gasteiger partial charge in [-0.05, 0) is 48.9 Å². The number of pyridine rings is 2. The van der Waals surface area contributed by atoms with E-state index >= 15 is 0 Å². The summed E-state index contributed by atoms with van der Waals surface area (Å²) in [5.41, 5.74) is 9.91. The largest absolute Gasteiger partial charge is 0.397 e. The Kier molecular flexibility index (Phi) is 3.69. The molecule has 3 N–H and O–H groups in total. The summed E-state index contributed by atoms with van der Waals surface area (Å²) < 4.78 is 0. The van der Waals surface area contributed by atoms with Gasteiger partial charge in [0.25, 0.3) is 5.91 Å². The molecule has 24 heavy (non-hydrogen) atoms. The number of hydrogen-bond acceptors (Lipinski definition) is 5. The van der Waals surface area contributed by atoms with Gasteiger partial charge in [0.05, 0.1) is 5.69 Å². The zero-order valence-corrected chi connectivity index (χ0v) is 14.2. The van der Waals surface area contributed by atoms with E-state index in [-0.39, 0.29) is 5.91 Å². The van der Waals surface area contributed by atoms with Crippen LogP contribution in [0.25, 0.3) is 10.2 Å². The van der Waals surface area contributed by atoms with Crippen molar-refractivity contribution >= 4 is 38.8 Å². The number of anilines is 2. The third-order valence-electron chi connectivity index (χ3n) is 4.48. The first-order chi connectivity index (χ1) is 11.6. The Labute approximate surface area is 143 Å². The second-order valence-electron chi connectivity index (χ2n) is 6.33. The van der Waals surface area contributed by atoms with E-state index in [1.54, 1.807) is 24.5 Å². The lowest BCUT2D eigenvalue weighted by Gasteiger charge is -2.20. The summed E-state index contributed by atoms with van der Waals surface area (Å²) in [5.74, 6) is 0.471. The smallest absolute Gasteiger partial charge is 0.267 e. The van der Waals surface area contributed by atoms with Gasteiger partial charge in [0, 0.05) is 29.2 Å². The van der Waals surface area contributed by atoms with E-state index < -0.39 is 0 Å². The first-order valence-corrected chi connectivity index (χ1v) is 8.85. The predicted molar refractivity (Wildman–Crippen MR) is 97.4 cm³/mol. The summed E-state index contributed by atoms with van der Waals surface area (Å²) in [4.78, 5) is 22.6. The van der Waals surface area contributed by atoms with Crippen LogP contribution >= 0.6 is 11.3 Å². The number of thiophene rings is 1. The molecule has 0 saturated carbocycles. The SMILES string of the molecule is CC1CCc2nc3sc(C(=O)Nc4ccncc4)c(N)c3cc2C1. The molecule has 1 aliphatic rings. The molecule has 1 aliphatic carbocycles. The Morgan fingerprint density at radius 2 is 2.17 bits per heavy atom. The monoisotopic (exact) mass is 338 g/mol. The second-order valence-corrected chi connectivity index (χ2v) is 7.33. The van der Waals surface area contributed by atoms with Crippen LogP contribution in [0.4, 0.5) is 11.4 Å². The van der Waals surface area contributed by atoms with Gasteiger partial charge in [-0.1, -0.05) is 6.92 Å². The van der Waals surface area contributed by atoms with Crippen LogP contribution in [0.3, 0.4) is 0 Å². The van der Waals surface area contributed by atoms with Crippen molar-refractivity contribution in [3.05, 3.63) is 46.7 Å². The number of amides is 1. The number of rotatable bonds is 2. The van der Waals surface area contributed by atoms with Crippen molar-refractivity contribution in [2.45, 2.75) is 26.2 Å². The highest BCUT2D eigenvalue weighted by Gasteiger charge is 2.22. The van der Waals surface area contributed by atoms with E-state index in [2.05, 4.69) is 23.3 Å². The maximum Gasteiger partial charge on any atom is 0.267 e. The molecule has 0 aromatic carbocycles. The lowest BCUT2D eigenvalue weighted by atomic mass is 9.87. The fourth-order valence-corrected chi connectivity index (χ4v) is 4.16. The number of nitrogens with two attached hydrogens (primary N) is 1.